The molecule has 1 aliphatic rings. The zero-order chi connectivity index (χ0) is 23.3. The van der Waals surface area contributed by atoms with Crippen molar-refractivity contribution in [1.29, 1.82) is 0 Å². The third-order valence-electron chi connectivity index (χ3n) is 6.32. The van der Waals surface area contributed by atoms with Crippen LogP contribution in [0, 0.1) is 0 Å². The molecule has 6 heteroatoms. The van der Waals surface area contributed by atoms with Gasteiger partial charge in [-0.2, -0.15) is 0 Å². The zero-order valence-electron chi connectivity index (χ0n) is 19.1. The molecule has 2 heterocycles. The van der Waals surface area contributed by atoms with Gasteiger partial charge in [0.15, 0.2) is 0 Å². The smallest absolute Gasteiger partial charge is 0.246 e. The number of amides is 2. The summed E-state index contributed by atoms with van der Waals surface area (Å²) >= 11 is 0. The van der Waals surface area contributed by atoms with E-state index >= 15 is 0 Å². The molecular weight excluding hydrogens is 424 g/mol. The number of nitrogens with zero attached hydrogens (tertiary/aromatic N) is 3. The Balaban J connectivity index is 1.31. The standard InChI is InChI=1S/C28H28N4O2/c33-27(19-21-9-2-1-3-10-21)29-17-16-26-30-23-13-5-7-15-25(23)32(26)20-28(34)31-18-8-12-22-11-4-6-14-24(22)31/h1-7,9-11,13-15H,8,12,16-20H2,(H,29,33). The van der Waals surface area contributed by atoms with Crippen LogP contribution in [0.25, 0.3) is 11.0 Å². The summed E-state index contributed by atoms with van der Waals surface area (Å²) in [6.07, 6.45) is 2.87. The fraction of sp³-hybridized carbons (Fsp3) is 0.250. The van der Waals surface area contributed by atoms with Gasteiger partial charge in [0.2, 0.25) is 11.8 Å². The zero-order valence-corrected chi connectivity index (χ0v) is 19.1. The summed E-state index contributed by atoms with van der Waals surface area (Å²) in [5.41, 5.74) is 5.02. The first-order valence-electron chi connectivity index (χ1n) is 11.8. The van der Waals surface area contributed by atoms with E-state index in [1.165, 1.54) is 5.56 Å². The Morgan fingerprint density at radius 2 is 1.68 bits per heavy atom. The van der Waals surface area contributed by atoms with Crippen molar-refractivity contribution in [3.8, 4) is 0 Å². The molecule has 1 N–H and O–H groups in total. The van der Waals surface area contributed by atoms with Crippen molar-refractivity contribution in [1.82, 2.24) is 14.9 Å². The average molecular weight is 453 g/mol. The predicted molar refractivity (Wildman–Crippen MR) is 134 cm³/mol. The van der Waals surface area contributed by atoms with Crippen molar-refractivity contribution < 1.29 is 9.59 Å². The van der Waals surface area contributed by atoms with Crippen molar-refractivity contribution in [3.63, 3.8) is 0 Å². The van der Waals surface area contributed by atoms with Gasteiger partial charge in [0.05, 0.1) is 17.5 Å². The van der Waals surface area contributed by atoms with E-state index in [-0.39, 0.29) is 18.4 Å². The van der Waals surface area contributed by atoms with Crippen LogP contribution in [0.5, 0.6) is 0 Å². The van der Waals surface area contributed by atoms with Crippen molar-refractivity contribution in [2.24, 2.45) is 0 Å². The van der Waals surface area contributed by atoms with Crippen molar-refractivity contribution >= 4 is 28.5 Å². The normalized spacial score (nSPS) is 13.0. The molecule has 0 radical (unpaired) electrons. The van der Waals surface area contributed by atoms with Gasteiger partial charge >= 0.3 is 0 Å². The van der Waals surface area contributed by atoms with Gasteiger partial charge in [-0.3, -0.25) is 9.59 Å². The lowest BCUT2D eigenvalue weighted by molar-refractivity contribution is -0.120. The SMILES string of the molecule is O=C(Cc1ccccc1)NCCc1nc2ccccc2n1CC(=O)N1CCCc2ccccc21. The predicted octanol–water partition coefficient (Wildman–Crippen LogP) is 3.92. The minimum absolute atomic E-state index is 0.0186. The van der Waals surface area contributed by atoms with Crippen LogP contribution in [0.4, 0.5) is 5.69 Å². The average Bonchev–Trinajstić information content (AvgIpc) is 3.21. The van der Waals surface area contributed by atoms with Crippen LogP contribution in [0.15, 0.2) is 78.9 Å². The molecule has 172 valence electrons. The number of carbonyl (C=O) groups is 2. The van der Waals surface area contributed by atoms with Crippen molar-refractivity contribution in [3.05, 3.63) is 95.8 Å². The number of nitrogens with one attached hydrogen (secondary N) is 1. The highest BCUT2D eigenvalue weighted by Crippen LogP contribution is 2.27. The lowest BCUT2D eigenvalue weighted by Crippen LogP contribution is -2.38. The second-order valence-corrected chi connectivity index (χ2v) is 8.64. The van der Waals surface area contributed by atoms with E-state index in [2.05, 4.69) is 11.4 Å². The summed E-state index contributed by atoms with van der Waals surface area (Å²) in [4.78, 5) is 32.5. The maximum atomic E-state index is 13.4. The first-order chi connectivity index (χ1) is 16.7. The van der Waals surface area contributed by atoms with Crippen molar-refractivity contribution in [2.75, 3.05) is 18.0 Å². The highest BCUT2D eigenvalue weighted by molar-refractivity contribution is 5.95. The maximum Gasteiger partial charge on any atom is 0.246 e. The van der Waals surface area contributed by atoms with Crippen LogP contribution in [-0.4, -0.2) is 34.5 Å². The summed E-state index contributed by atoms with van der Waals surface area (Å²) in [6.45, 7) is 1.42. The number of aryl methyl sites for hydroxylation is 1. The molecule has 1 aromatic heterocycles. The van der Waals surface area contributed by atoms with Gasteiger partial charge < -0.3 is 14.8 Å². The van der Waals surface area contributed by atoms with Crippen LogP contribution in [-0.2, 0) is 35.4 Å². The fourth-order valence-corrected chi connectivity index (χ4v) is 4.66. The largest absolute Gasteiger partial charge is 0.355 e. The summed E-state index contributed by atoms with van der Waals surface area (Å²) in [6, 6.07) is 25.7. The van der Waals surface area contributed by atoms with Crippen LogP contribution >= 0.6 is 0 Å². The van der Waals surface area contributed by atoms with E-state index < -0.39 is 0 Å². The second-order valence-electron chi connectivity index (χ2n) is 8.64. The van der Waals surface area contributed by atoms with Gasteiger partial charge in [-0.1, -0.05) is 60.7 Å². The molecule has 0 saturated carbocycles. The van der Waals surface area contributed by atoms with Crippen LogP contribution < -0.4 is 10.2 Å². The molecule has 34 heavy (non-hydrogen) atoms. The summed E-state index contributed by atoms with van der Waals surface area (Å²) in [5.74, 6) is 0.847. The Kier molecular flexibility index (Phi) is 6.38. The highest BCUT2D eigenvalue weighted by atomic mass is 16.2. The Morgan fingerprint density at radius 1 is 0.912 bits per heavy atom. The third-order valence-corrected chi connectivity index (χ3v) is 6.32. The molecule has 0 unspecified atom stereocenters. The number of rotatable bonds is 7. The minimum atomic E-state index is -0.0186. The number of para-hydroxylation sites is 3. The molecule has 6 nitrogen and oxygen atoms in total. The Labute approximate surface area is 199 Å². The van der Waals surface area contributed by atoms with E-state index in [0.29, 0.717) is 19.4 Å². The molecule has 2 amide bonds. The van der Waals surface area contributed by atoms with Crippen molar-refractivity contribution in [2.45, 2.75) is 32.2 Å². The molecule has 1 aliphatic heterocycles. The lowest BCUT2D eigenvalue weighted by atomic mass is 10.0. The molecule has 4 aromatic rings. The number of anilines is 1. The van der Waals surface area contributed by atoms with E-state index in [1.54, 1.807) is 0 Å². The number of benzene rings is 3. The van der Waals surface area contributed by atoms with Gasteiger partial charge in [-0.05, 0) is 42.2 Å². The van der Waals surface area contributed by atoms with Gasteiger partial charge in [0.25, 0.3) is 0 Å². The summed E-state index contributed by atoms with van der Waals surface area (Å²) in [7, 11) is 0. The van der Waals surface area contributed by atoms with Crippen LogP contribution in [0.2, 0.25) is 0 Å². The topological polar surface area (TPSA) is 67.2 Å². The van der Waals surface area contributed by atoms with Crippen LogP contribution in [0.3, 0.4) is 0 Å². The summed E-state index contributed by atoms with van der Waals surface area (Å²) in [5, 5.41) is 2.99. The van der Waals surface area contributed by atoms with E-state index in [9.17, 15) is 9.59 Å². The molecule has 5 rings (SSSR count). The molecule has 0 bridgehead atoms. The number of imidazole rings is 1. The van der Waals surface area contributed by atoms with Crippen LogP contribution in [0.1, 0.15) is 23.4 Å². The number of hydrogen-bond donors (Lipinski definition) is 1. The molecular formula is C28H28N4O2. The monoisotopic (exact) mass is 452 g/mol. The minimum Gasteiger partial charge on any atom is -0.355 e. The number of hydrogen-bond acceptors (Lipinski definition) is 3. The lowest BCUT2D eigenvalue weighted by Gasteiger charge is -2.29. The highest BCUT2D eigenvalue weighted by Gasteiger charge is 2.24. The van der Waals surface area contributed by atoms with Gasteiger partial charge in [-0.25, -0.2) is 4.98 Å². The second kappa shape index (κ2) is 9.91. The molecule has 0 aliphatic carbocycles. The van der Waals surface area contributed by atoms with Gasteiger partial charge in [0.1, 0.15) is 12.4 Å². The number of fused-ring (bicyclic) bond motifs is 2. The van der Waals surface area contributed by atoms with Gasteiger partial charge in [-0.15, -0.1) is 0 Å². The fourth-order valence-electron chi connectivity index (χ4n) is 4.66. The first-order valence-corrected chi connectivity index (χ1v) is 11.8. The third kappa shape index (κ3) is 4.71. The Bertz CT molecular complexity index is 1310. The number of aromatic nitrogens is 2. The molecule has 3 aromatic carbocycles. The molecule has 0 saturated heterocycles. The Hall–Kier alpha value is -3.93. The summed E-state index contributed by atoms with van der Waals surface area (Å²) < 4.78 is 2.00. The Morgan fingerprint density at radius 3 is 2.56 bits per heavy atom. The van der Waals surface area contributed by atoms with E-state index in [1.807, 2.05) is 82.3 Å². The van der Waals surface area contributed by atoms with Gasteiger partial charge in [0, 0.05) is 25.2 Å². The van der Waals surface area contributed by atoms with E-state index in [4.69, 9.17) is 4.98 Å². The molecule has 0 fully saturated rings. The molecule has 0 atom stereocenters. The van der Waals surface area contributed by atoms with E-state index in [0.717, 1.165) is 47.5 Å². The quantitative estimate of drug-likeness (QED) is 0.462. The molecule has 0 spiro atoms. The maximum absolute atomic E-state index is 13.4. The first kappa shape index (κ1) is 21.9. The number of carbonyl (C=O) groups excluding carboxylic acids is 2.